The van der Waals surface area contributed by atoms with Crippen LogP contribution >= 0.6 is 0 Å². The van der Waals surface area contributed by atoms with Gasteiger partial charge < -0.3 is 4.74 Å². The van der Waals surface area contributed by atoms with E-state index in [0.717, 1.165) is 26.9 Å². The third-order valence-corrected chi connectivity index (χ3v) is 4.16. The van der Waals surface area contributed by atoms with Gasteiger partial charge >= 0.3 is 5.97 Å². The van der Waals surface area contributed by atoms with E-state index in [-0.39, 0.29) is 5.97 Å². The molecule has 2 nitrogen and oxygen atoms in total. The van der Waals surface area contributed by atoms with Gasteiger partial charge in [0.1, 0.15) is 0 Å². The van der Waals surface area contributed by atoms with E-state index in [4.69, 9.17) is 4.74 Å². The molecule has 0 atom stereocenters. The van der Waals surface area contributed by atoms with E-state index in [1.54, 1.807) is 0 Å². The van der Waals surface area contributed by atoms with Crippen molar-refractivity contribution in [2.75, 3.05) is 7.11 Å². The van der Waals surface area contributed by atoms with Gasteiger partial charge in [0, 0.05) is 5.39 Å². The number of rotatable bonds is 1. The number of fused-ring (bicyclic) bond motifs is 5. The maximum Gasteiger partial charge on any atom is 0.338 e. The van der Waals surface area contributed by atoms with Crippen LogP contribution in [0.1, 0.15) is 10.4 Å². The number of ether oxygens (including phenoxy) is 1. The fourth-order valence-corrected chi connectivity index (χ4v) is 3.15. The van der Waals surface area contributed by atoms with E-state index in [1.165, 1.54) is 12.5 Å². The van der Waals surface area contributed by atoms with Crippen molar-refractivity contribution < 1.29 is 9.53 Å². The molecule has 4 aromatic rings. The summed E-state index contributed by atoms with van der Waals surface area (Å²) in [4.78, 5) is 12.2. The number of hydrogen-bond donors (Lipinski definition) is 0. The lowest BCUT2D eigenvalue weighted by molar-refractivity contribution is 0.0603. The molecule has 0 saturated carbocycles. The Bertz CT molecular complexity index is 1030. The second-order valence-electron chi connectivity index (χ2n) is 5.35. The Labute approximate surface area is 127 Å². The van der Waals surface area contributed by atoms with E-state index in [2.05, 4.69) is 36.4 Å². The number of carbonyl (C=O) groups excluding carboxylic acids is 1. The first-order valence-electron chi connectivity index (χ1n) is 7.21. The van der Waals surface area contributed by atoms with Crippen LogP contribution in [0.25, 0.3) is 32.3 Å². The summed E-state index contributed by atoms with van der Waals surface area (Å²) in [7, 11) is 1.42. The van der Waals surface area contributed by atoms with Crippen molar-refractivity contribution in [2.45, 2.75) is 0 Å². The van der Waals surface area contributed by atoms with Gasteiger partial charge in [-0.15, -0.1) is 0 Å². The summed E-state index contributed by atoms with van der Waals surface area (Å²) in [5.41, 5.74) is 0.613. The zero-order chi connectivity index (χ0) is 15.1. The highest BCUT2D eigenvalue weighted by Gasteiger charge is 2.14. The summed E-state index contributed by atoms with van der Waals surface area (Å²) >= 11 is 0. The van der Waals surface area contributed by atoms with E-state index in [0.29, 0.717) is 5.56 Å². The summed E-state index contributed by atoms with van der Waals surface area (Å²) in [5, 5.41) is 6.57. The number of carbonyl (C=O) groups is 1. The number of hydrogen-bond acceptors (Lipinski definition) is 2. The SMILES string of the molecule is COC(=O)c1cccc2ccc3ccc4ccccc4c3c12. The summed E-state index contributed by atoms with van der Waals surface area (Å²) in [6, 6.07) is 22.4. The van der Waals surface area contributed by atoms with Crippen LogP contribution in [-0.2, 0) is 4.74 Å². The smallest absolute Gasteiger partial charge is 0.338 e. The van der Waals surface area contributed by atoms with Gasteiger partial charge in [-0.2, -0.15) is 0 Å². The lowest BCUT2D eigenvalue weighted by Crippen LogP contribution is -2.02. The molecular weight excluding hydrogens is 272 g/mol. The van der Waals surface area contributed by atoms with Crippen molar-refractivity contribution in [1.82, 2.24) is 0 Å². The molecule has 0 heterocycles. The van der Waals surface area contributed by atoms with E-state index in [1.807, 2.05) is 30.3 Å². The topological polar surface area (TPSA) is 26.3 Å². The van der Waals surface area contributed by atoms with Gasteiger partial charge in [0.25, 0.3) is 0 Å². The van der Waals surface area contributed by atoms with Crippen molar-refractivity contribution in [2.24, 2.45) is 0 Å². The quantitative estimate of drug-likeness (QED) is 0.366. The molecule has 0 N–H and O–H groups in total. The van der Waals surface area contributed by atoms with Gasteiger partial charge in [-0.05, 0) is 33.0 Å². The minimum Gasteiger partial charge on any atom is -0.465 e. The number of benzene rings is 4. The van der Waals surface area contributed by atoms with Gasteiger partial charge in [-0.3, -0.25) is 0 Å². The average Bonchev–Trinajstić information content (AvgIpc) is 2.59. The molecule has 4 rings (SSSR count). The van der Waals surface area contributed by atoms with Gasteiger partial charge in [-0.25, -0.2) is 4.79 Å². The zero-order valence-corrected chi connectivity index (χ0v) is 12.2. The fraction of sp³-hybridized carbons (Fsp3) is 0.0500. The minimum absolute atomic E-state index is 0.300. The lowest BCUT2D eigenvalue weighted by Gasteiger charge is -2.11. The van der Waals surface area contributed by atoms with Crippen LogP contribution in [0.2, 0.25) is 0 Å². The van der Waals surface area contributed by atoms with E-state index in [9.17, 15) is 4.79 Å². The highest BCUT2D eigenvalue weighted by atomic mass is 16.5. The molecule has 0 unspecified atom stereocenters. The summed E-state index contributed by atoms with van der Waals surface area (Å²) < 4.78 is 4.97. The van der Waals surface area contributed by atoms with E-state index < -0.39 is 0 Å². The first-order chi connectivity index (χ1) is 10.8. The fourth-order valence-electron chi connectivity index (χ4n) is 3.15. The lowest BCUT2D eigenvalue weighted by atomic mass is 9.93. The Kier molecular flexibility index (Phi) is 2.83. The van der Waals surface area contributed by atoms with Crippen LogP contribution in [0.5, 0.6) is 0 Å². The maximum atomic E-state index is 12.2. The van der Waals surface area contributed by atoms with Gasteiger partial charge in [-0.1, -0.05) is 60.7 Å². The average molecular weight is 286 g/mol. The van der Waals surface area contributed by atoms with Gasteiger partial charge in [0.05, 0.1) is 12.7 Å². The normalized spacial score (nSPS) is 11.1. The maximum absolute atomic E-state index is 12.2. The molecule has 0 fully saturated rings. The van der Waals surface area contributed by atoms with Crippen LogP contribution in [0.3, 0.4) is 0 Å². The molecule has 0 amide bonds. The Hall–Kier alpha value is -2.87. The van der Waals surface area contributed by atoms with Gasteiger partial charge in [0.15, 0.2) is 0 Å². The molecule has 0 radical (unpaired) electrons. The molecular formula is C20H14O2. The molecule has 0 aliphatic heterocycles. The second kappa shape index (κ2) is 4.85. The van der Waals surface area contributed by atoms with Gasteiger partial charge in [0.2, 0.25) is 0 Å². The first-order valence-corrected chi connectivity index (χ1v) is 7.21. The Morgan fingerprint density at radius 1 is 0.727 bits per heavy atom. The van der Waals surface area contributed by atoms with Crippen molar-refractivity contribution in [3.63, 3.8) is 0 Å². The standard InChI is InChI=1S/C20H14O2/c1-22-20(21)17-8-4-6-14-11-12-15-10-9-13-5-2-3-7-16(13)18(15)19(14)17/h2-12H,1H3. The molecule has 106 valence electrons. The summed E-state index contributed by atoms with van der Waals surface area (Å²) in [5.74, 6) is -0.300. The molecule has 0 saturated heterocycles. The third kappa shape index (κ3) is 1.77. The highest BCUT2D eigenvalue weighted by Crippen LogP contribution is 2.34. The third-order valence-electron chi connectivity index (χ3n) is 4.16. The predicted molar refractivity (Wildman–Crippen MR) is 90.3 cm³/mol. The van der Waals surface area contributed by atoms with Crippen LogP contribution in [-0.4, -0.2) is 13.1 Å². The Balaban J connectivity index is 2.31. The van der Waals surface area contributed by atoms with Crippen molar-refractivity contribution >= 4 is 38.3 Å². The molecule has 0 bridgehead atoms. The van der Waals surface area contributed by atoms with Crippen molar-refractivity contribution in [1.29, 1.82) is 0 Å². The summed E-state index contributed by atoms with van der Waals surface area (Å²) in [6.07, 6.45) is 0. The van der Waals surface area contributed by atoms with Crippen LogP contribution < -0.4 is 0 Å². The predicted octanol–water partition coefficient (Wildman–Crippen LogP) is 4.93. The number of esters is 1. The van der Waals surface area contributed by atoms with Crippen LogP contribution in [0.4, 0.5) is 0 Å². The summed E-state index contributed by atoms with van der Waals surface area (Å²) in [6.45, 7) is 0. The largest absolute Gasteiger partial charge is 0.465 e. The molecule has 0 aliphatic carbocycles. The molecule has 2 heteroatoms. The minimum atomic E-state index is -0.300. The Morgan fingerprint density at radius 2 is 1.36 bits per heavy atom. The van der Waals surface area contributed by atoms with Crippen LogP contribution in [0.15, 0.2) is 66.7 Å². The first kappa shape index (κ1) is 12.8. The van der Waals surface area contributed by atoms with Crippen LogP contribution in [0, 0.1) is 0 Å². The highest BCUT2D eigenvalue weighted by molar-refractivity contribution is 6.24. The van der Waals surface area contributed by atoms with E-state index >= 15 is 0 Å². The number of methoxy groups -OCH3 is 1. The monoisotopic (exact) mass is 286 g/mol. The molecule has 0 aromatic heterocycles. The second-order valence-corrected chi connectivity index (χ2v) is 5.35. The molecule has 0 aliphatic rings. The molecule has 0 spiro atoms. The molecule has 4 aromatic carbocycles. The van der Waals surface area contributed by atoms with Crippen molar-refractivity contribution in [3.05, 3.63) is 72.3 Å². The molecule has 22 heavy (non-hydrogen) atoms. The van der Waals surface area contributed by atoms with Crippen molar-refractivity contribution in [3.8, 4) is 0 Å². The zero-order valence-electron chi connectivity index (χ0n) is 12.2. The Morgan fingerprint density at radius 3 is 2.14 bits per heavy atom.